The first-order valence-electron chi connectivity index (χ1n) is 6.18. The van der Waals surface area contributed by atoms with Crippen LogP contribution in [0.15, 0.2) is 12.3 Å². The van der Waals surface area contributed by atoms with E-state index in [1.807, 2.05) is 13.0 Å². The fourth-order valence-corrected chi connectivity index (χ4v) is 2.19. The Hall–Kier alpha value is -1.29. The number of nitrogens with zero attached hydrogens (tertiary/aromatic N) is 2. The van der Waals surface area contributed by atoms with E-state index in [9.17, 15) is 0 Å². The van der Waals surface area contributed by atoms with E-state index in [-0.39, 0.29) is 0 Å². The summed E-state index contributed by atoms with van der Waals surface area (Å²) in [6.45, 7) is 4.80. The highest BCUT2D eigenvalue weighted by Crippen LogP contribution is 2.20. The minimum absolute atomic E-state index is 0.619. The van der Waals surface area contributed by atoms with Gasteiger partial charge in [-0.1, -0.05) is 0 Å². The number of hydrogen-bond acceptors (Lipinski definition) is 4. The van der Waals surface area contributed by atoms with Gasteiger partial charge in [-0.3, -0.25) is 0 Å². The van der Waals surface area contributed by atoms with Crippen molar-refractivity contribution < 1.29 is 4.74 Å². The number of nitrogens with two attached hydrogens (primary N) is 1. The van der Waals surface area contributed by atoms with Gasteiger partial charge >= 0.3 is 0 Å². The van der Waals surface area contributed by atoms with Gasteiger partial charge < -0.3 is 15.4 Å². The van der Waals surface area contributed by atoms with Gasteiger partial charge in [0.25, 0.3) is 0 Å². The standard InChI is InChI=1S/C13H21N3O/c1-10-6-13(15-7-12(10)14)16(2)8-11-4-3-5-17-9-11/h6-7,11H,3-5,8-9,14H2,1-2H3. The van der Waals surface area contributed by atoms with E-state index in [2.05, 4.69) is 16.9 Å². The summed E-state index contributed by atoms with van der Waals surface area (Å²) in [6.07, 6.45) is 4.16. The molecule has 94 valence electrons. The molecule has 1 aliphatic rings. The summed E-state index contributed by atoms with van der Waals surface area (Å²) in [6, 6.07) is 2.04. The van der Waals surface area contributed by atoms with Crippen molar-refractivity contribution in [1.29, 1.82) is 0 Å². The summed E-state index contributed by atoms with van der Waals surface area (Å²) >= 11 is 0. The average Bonchev–Trinajstić information content (AvgIpc) is 2.34. The highest BCUT2D eigenvalue weighted by molar-refractivity contribution is 5.51. The molecule has 2 N–H and O–H groups in total. The summed E-state index contributed by atoms with van der Waals surface area (Å²) in [5, 5.41) is 0. The van der Waals surface area contributed by atoms with E-state index < -0.39 is 0 Å². The molecule has 4 heteroatoms. The van der Waals surface area contributed by atoms with E-state index in [0.29, 0.717) is 5.92 Å². The van der Waals surface area contributed by atoms with E-state index in [4.69, 9.17) is 10.5 Å². The number of ether oxygens (including phenoxy) is 1. The van der Waals surface area contributed by atoms with Crippen LogP contribution in [0, 0.1) is 12.8 Å². The minimum atomic E-state index is 0.619. The molecule has 1 fully saturated rings. The van der Waals surface area contributed by atoms with Gasteiger partial charge in [-0.25, -0.2) is 4.98 Å². The van der Waals surface area contributed by atoms with Crippen molar-refractivity contribution >= 4 is 11.5 Å². The van der Waals surface area contributed by atoms with Gasteiger partial charge in [-0.05, 0) is 37.3 Å². The predicted molar refractivity (Wildman–Crippen MR) is 70.2 cm³/mol. The lowest BCUT2D eigenvalue weighted by Crippen LogP contribution is -2.31. The van der Waals surface area contributed by atoms with Crippen LogP contribution in [0.1, 0.15) is 18.4 Å². The van der Waals surface area contributed by atoms with Gasteiger partial charge in [0, 0.05) is 20.2 Å². The fourth-order valence-electron chi connectivity index (χ4n) is 2.19. The lowest BCUT2D eigenvalue weighted by atomic mass is 10.0. The molecule has 0 radical (unpaired) electrons. The second kappa shape index (κ2) is 5.36. The molecule has 1 aromatic rings. The Morgan fingerprint density at radius 3 is 3.06 bits per heavy atom. The predicted octanol–water partition coefficient (Wildman–Crippen LogP) is 1.84. The number of hydrogen-bond donors (Lipinski definition) is 1. The van der Waals surface area contributed by atoms with E-state index in [0.717, 1.165) is 36.8 Å². The van der Waals surface area contributed by atoms with Crippen LogP contribution < -0.4 is 10.6 Å². The van der Waals surface area contributed by atoms with Crippen LogP contribution in [0.3, 0.4) is 0 Å². The molecule has 1 saturated heterocycles. The van der Waals surface area contributed by atoms with Gasteiger partial charge in [-0.15, -0.1) is 0 Å². The van der Waals surface area contributed by atoms with E-state index in [1.54, 1.807) is 6.20 Å². The first-order chi connectivity index (χ1) is 8.16. The molecular weight excluding hydrogens is 214 g/mol. The third-order valence-corrected chi connectivity index (χ3v) is 3.31. The van der Waals surface area contributed by atoms with Gasteiger partial charge in [0.1, 0.15) is 5.82 Å². The van der Waals surface area contributed by atoms with Crippen molar-refractivity contribution in [2.45, 2.75) is 19.8 Å². The largest absolute Gasteiger partial charge is 0.397 e. The summed E-state index contributed by atoms with van der Waals surface area (Å²) in [7, 11) is 2.08. The Labute approximate surface area is 103 Å². The molecule has 0 amide bonds. The third kappa shape index (κ3) is 3.09. The Balaban J connectivity index is 1.98. The Bertz CT molecular complexity index is 375. The molecule has 0 saturated carbocycles. The molecule has 0 aliphatic carbocycles. The van der Waals surface area contributed by atoms with Gasteiger partial charge in [0.2, 0.25) is 0 Å². The molecule has 0 spiro atoms. The van der Waals surface area contributed by atoms with E-state index >= 15 is 0 Å². The number of nitrogen functional groups attached to an aromatic ring is 1. The van der Waals surface area contributed by atoms with Crippen molar-refractivity contribution in [2.75, 3.05) is 37.4 Å². The Morgan fingerprint density at radius 1 is 1.59 bits per heavy atom. The second-order valence-electron chi connectivity index (χ2n) is 4.86. The molecular formula is C13H21N3O. The molecule has 17 heavy (non-hydrogen) atoms. The number of aryl methyl sites for hydroxylation is 1. The molecule has 0 bridgehead atoms. The fraction of sp³-hybridized carbons (Fsp3) is 0.615. The molecule has 1 atom stereocenters. The number of anilines is 2. The maximum absolute atomic E-state index is 5.77. The van der Waals surface area contributed by atoms with Crippen LogP contribution in [0.4, 0.5) is 11.5 Å². The second-order valence-corrected chi connectivity index (χ2v) is 4.86. The number of rotatable bonds is 3. The van der Waals surface area contributed by atoms with Crippen molar-refractivity contribution in [1.82, 2.24) is 4.98 Å². The molecule has 1 aromatic heterocycles. The highest BCUT2D eigenvalue weighted by atomic mass is 16.5. The maximum Gasteiger partial charge on any atom is 0.128 e. The zero-order valence-electron chi connectivity index (χ0n) is 10.6. The van der Waals surface area contributed by atoms with Crippen LogP contribution in [-0.4, -0.2) is 31.8 Å². The van der Waals surface area contributed by atoms with E-state index in [1.165, 1.54) is 12.8 Å². The summed E-state index contributed by atoms with van der Waals surface area (Å²) in [4.78, 5) is 6.55. The molecule has 1 unspecified atom stereocenters. The van der Waals surface area contributed by atoms with Crippen molar-refractivity contribution in [3.05, 3.63) is 17.8 Å². The molecule has 2 rings (SSSR count). The van der Waals surface area contributed by atoms with Gasteiger partial charge in [0.05, 0.1) is 18.5 Å². The maximum atomic E-state index is 5.77. The highest BCUT2D eigenvalue weighted by Gasteiger charge is 2.16. The Kier molecular flexibility index (Phi) is 3.84. The van der Waals surface area contributed by atoms with Crippen LogP contribution in [0.5, 0.6) is 0 Å². The average molecular weight is 235 g/mol. The number of aromatic nitrogens is 1. The minimum Gasteiger partial charge on any atom is -0.397 e. The van der Waals surface area contributed by atoms with Crippen LogP contribution in [0.2, 0.25) is 0 Å². The first kappa shape index (κ1) is 12.2. The smallest absolute Gasteiger partial charge is 0.128 e. The first-order valence-corrected chi connectivity index (χ1v) is 6.18. The molecule has 0 aromatic carbocycles. The van der Waals surface area contributed by atoms with Crippen LogP contribution in [0.25, 0.3) is 0 Å². The SMILES string of the molecule is Cc1cc(N(C)CC2CCCOC2)ncc1N. The zero-order chi connectivity index (χ0) is 12.3. The van der Waals surface area contributed by atoms with Gasteiger partial charge in [0.15, 0.2) is 0 Å². The summed E-state index contributed by atoms with van der Waals surface area (Å²) in [5.41, 5.74) is 7.61. The zero-order valence-corrected chi connectivity index (χ0v) is 10.6. The topological polar surface area (TPSA) is 51.4 Å². The summed E-state index contributed by atoms with van der Waals surface area (Å²) < 4.78 is 5.49. The van der Waals surface area contributed by atoms with Crippen LogP contribution in [-0.2, 0) is 4.74 Å². The third-order valence-electron chi connectivity index (χ3n) is 3.31. The summed E-state index contributed by atoms with van der Waals surface area (Å²) in [5.74, 6) is 1.61. The monoisotopic (exact) mass is 235 g/mol. The normalized spacial score (nSPS) is 20.2. The lowest BCUT2D eigenvalue weighted by Gasteiger charge is -2.28. The lowest BCUT2D eigenvalue weighted by molar-refractivity contribution is 0.0576. The van der Waals surface area contributed by atoms with Crippen molar-refractivity contribution in [2.24, 2.45) is 5.92 Å². The quantitative estimate of drug-likeness (QED) is 0.868. The molecule has 1 aliphatic heterocycles. The number of pyridine rings is 1. The molecule has 2 heterocycles. The van der Waals surface area contributed by atoms with Crippen LogP contribution >= 0.6 is 0 Å². The Morgan fingerprint density at radius 2 is 2.41 bits per heavy atom. The molecule has 4 nitrogen and oxygen atoms in total. The van der Waals surface area contributed by atoms with Crippen molar-refractivity contribution in [3.8, 4) is 0 Å². The van der Waals surface area contributed by atoms with Crippen molar-refractivity contribution in [3.63, 3.8) is 0 Å². The van der Waals surface area contributed by atoms with Gasteiger partial charge in [-0.2, -0.15) is 0 Å².